The molecule has 0 bridgehead atoms. The van der Waals surface area contributed by atoms with E-state index in [1.807, 2.05) is 0 Å². The van der Waals surface area contributed by atoms with E-state index >= 15 is 0 Å². The first-order valence-corrected chi connectivity index (χ1v) is 6.22. The summed E-state index contributed by atoms with van der Waals surface area (Å²) in [6.07, 6.45) is 7.98. The Labute approximate surface area is 122 Å². The molecule has 3 N–H and O–H groups in total. The number of rotatable bonds is 8. The fourth-order valence-electron chi connectivity index (χ4n) is 0.930. The van der Waals surface area contributed by atoms with Crippen LogP contribution in [0.15, 0.2) is 0 Å². The van der Waals surface area contributed by atoms with Gasteiger partial charge in [0.1, 0.15) is 0 Å². The Kier molecular flexibility index (Phi) is 22.2. The van der Waals surface area contributed by atoms with E-state index in [1.165, 1.54) is 32.1 Å². The largest absolute Gasteiger partial charge is 0.396 e. The Hall–Kier alpha value is 0.594. The van der Waals surface area contributed by atoms with Crippen molar-refractivity contribution in [2.45, 2.75) is 52.4 Å². The smallest absolute Gasteiger partial charge is 0.0528 e. The molecule has 104 valence electrons. The molecule has 0 aliphatic heterocycles. The molecule has 0 aromatic heterocycles. The van der Waals surface area contributed by atoms with Crippen molar-refractivity contribution in [3.8, 4) is 0 Å². The van der Waals surface area contributed by atoms with E-state index in [0.29, 0.717) is 0 Å². The van der Waals surface area contributed by atoms with E-state index in [-0.39, 0.29) is 41.5 Å². The van der Waals surface area contributed by atoms with Crippen LogP contribution in [0, 0.1) is 12.3 Å². The molecule has 0 saturated heterocycles. The zero-order valence-corrected chi connectivity index (χ0v) is 13.0. The third kappa shape index (κ3) is 16.6. The number of hydrogen-bond donors (Lipinski definition) is 3. The van der Waals surface area contributed by atoms with Gasteiger partial charge in [0.2, 0.25) is 0 Å². The van der Waals surface area contributed by atoms with Gasteiger partial charge < -0.3 is 22.2 Å². The molecule has 0 atom stereocenters. The van der Waals surface area contributed by atoms with Gasteiger partial charge in [0.15, 0.2) is 0 Å². The normalized spacial score (nSPS) is 10.2. The van der Waals surface area contributed by atoms with Gasteiger partial charge >= 0.3 is 0 Å². The number of hydrogen-bond acceptors (Lipinski definition) is 3. The average molecular weight is 281 g/mol. The maximum Gasteiger partial charge on any atom is 0.0528 e. The van der Waals surface area contributed by atoms with Crippen LogP contribution in [-0.2, 0) is 21.7 Å². The van der Waals surface area contributed by atoms with Gasteiger partial charge in [0.05, 0.1) is 19.8 Å². The Bertz CT molecular complexity index is 114. The zero-order valence-electron chi connectivity index (χ0n) is 11.4. The van der Waals surface area contributed by atoms with Crippen molar-refractivity contribution in [2.75, 3.05) is 19.8 Å². The molecular formula is C13H29O3Ti-. The van der Waals surface area contributed by atoms with Crippen molar-refractivity contribution < 1.29 is 37.0 Å². The molecule has 0 aliphatic rings. The van der Waals surface area contributed by atoms with Crippen LogP contribution in [0.3, 0.4) is 0 Å². The average Bonchev–Trinajstić information content (AvgIpc) is 2.34. The summed E-state index contributed by atoms with van der Waals surface area (Å²) in [6.45, 7) is 7.09. The molecule has 0 aromatic carbocycles. The van der Waals surface area contributed by atoms with Crippen molar-refractivity contribution in [1.29, 1.82) is 0 Å². The van der Waals surface area contributed by atoms with Crippen molar-refractivity contribution in [3.63, 3.8) is 0 Å². The van der Waals surface area contributed by atoms with Crippen LogP contribution < -0.4 is 0 Å². The van der Waals surface area contributed by atoms with Gasteiger partial charge in [-0.25, -0.2) is 0 Å². The first-order valence-electron chi connectivity index (χ1n) is 6.22. The van der Waals surface area contributed by atoms with Crippen LogP contribution in [0.2, 0.25) is 0 Å². The molecule has 0 fully saturated rings. The summed E-state index contributed by atoms with van der Waals surface area (Å²) in [7, 11) is 0. The minimum Gasteiger partial charge on any atom is -0.396 e. The molecule has 0 aromatic rings. The van der Waals surface area contributed by atoms with Crippen molar-refractivity contribution in [2.24, 2.45) is 5.41 Å². The van der Waals surface area contributed by atoms with Gasteiger partial charge in [-0.3, -0.25) is 0 Å². The molecule has 0 spiro atoms. The van der Waals surface area contributed by atoms with E-state index < -0.39 is 5.41 Å². The van der Waals surface area contributed by atoms with Gasteiger partial charge in [-0.15, -0.1) is 0 Å². The molecule has 3 nitrogen and oxygen atoms in total. The second kappa shape index (κ2) is 16.6. The third-order valence-electron chi connectivity index (χ3n) is 2.50. The predicted octanol–water partition coefficient (Wildman–Crippen LogP) is 2.15. The molecule has 0 saturated carbocycles. The zero-order chi connectivity index (χ0) is 12.9. The second-order valence-electron chi connectivity index (χ2n) is 4.55. The van der Waals surface area contributed by atoms with Crippen molar-refractivity contribution in [1.82, 2.24) is 0 Å². The van der Waals surface area contributed by atoms with Crippen LogP contribution in [0.4, 0.5) is 0 Å². The number of unbranched alkanes of at least 4 members (excludes halogenated alkanes) is 5. The summed E-state index contributed by atoms with van der Waals surface area (Å²) >= 11 is 0. The predicted molar refractivity (Wildman–Crippen MR) is 68.1 cm³/mol. The van der Waals surface area contributed by atoms with E-state index in [4.69, 9.17) is 15.3 Å². The molecule has 0 aliphatic carbocycles. The van der Waals surface area contributed by atoms with Crippen LogP contribution in [-0.4, -0.2) is 35.1 Å². The molecule has 0 heterocycles. The monoisotopic (exact) mass is 281 g/mol. The van der Waals surface area contributed by atoms with Crippen LogP contribution >= 0.6 is 0 Å². The topological polar surface area (TPSA) is 60.7 Å². The standard InChI is InChI=1S/C8H17.C5H12O3.Ti/c1-3-5-7-8-6-4-2;1-5(2-6,3-7)4-8;/h1,3-8H2,2H3;6-8H,2-4H2,1H3;/q-1;;. The molecule has 4 heteroatoms. The molecule has 0 rings (SSSR count). The fraction of sp³-hybridized carbons (Fsp3) is 0.923. The van der Waals surface area contributed by atoms with Crippen molar-refractivity contribution >= 4 is 0 Å². The van der Waals surface area contributed by atoms with E-state index in [2.05, 4.69) is 13.8 Å². The quantitative estimate of drug-likeness (QED) is 0.363. The molecule has 0 unspecified atom stereocenters. The minimum atomic E-state index is -0.708. The van der Waals surface area contributed by atoms with Gasteiger partial charge in [0.25, 0.3) is 0 Å². The molecule has 0 radical (unpaired) electrons. The molecular weight excluding hydrogens is 252 g/mol. The summed E-state index contributed by atoms with van der Waals surface area (Å²) in [5, 5.41) is 25.4. The summed E-state index contributed by atoms with van der Waals surface area (Å²) in [5.41, 5.74) is -0.708. The molecule has 17 heavy (non-hydrogen) atoms. The van der Waals surface area contributed by atoms with Crippen LogP contribution in [0.25, 0.3) is 0 Å². The van der Waals surface area contributed by atoms with Gasteiger partial charge in [-0.1, -0.05) is 46.0 Å². The Morgan fingerprint density at radius 2 is 1.29 bits per heavy atom. The third-order valence-corrected chi connectivity index (χ3v) is 2.50. The maximum atomic E-state index is 8.47. The molecule has 0 amide bonds. The number of aliphatic hydroxyl groups is 3. The summed E-state index contributed by atoms with van der Waals surface area (Å²) < 4.78 is 0. The van der Waals surface area contributed by atoms with E-state index in [0.717, 1.165) is 6.42 Å². The Balaban J connectivity index is -0.000000218. The summed E-state index contributed by atoms with van der Waals surface area (Å²) in [6, 6.07) is 0. The second-order valence-corrected chi connectivity index (χ2v) is 4.55. The Morgan fingerprint density at radius 1 is 0.882 bits per heavy atom. The van der Waals surface area contributed by atoms with Crippen LogP contribution in [0.5, 0.6) is 0 Å². The van der Waals surface area contributed by atoms with Crippen LogP contribution in [0.1, 0.15) is 52.4 Å². The minimum absolute atomic E-state index is 0. The van der Waals surface area contributed by atoms with Gasteiger partial charge in [-0.05, 0) is 0 Å². The first kappa shape index (κ1) is 22.7. The maximum absolute atomic E-state index is 8.47. The van der Waals surface area contributed by atoms with E-state index in [1.54, 1.807) is 6.92 Å². The summed E-state index contributed by atoms with van der Waals surface area (Å²) in [5.74, 6) is 0. The van der Waals surface area contributed by atoms with Gasteiger partial charge in [-0.2, -0.15) is 6.42 Å². The summed E-state index contributed by atoms with van der Waals surface area (Å²) in [4.78, 5) is 0. The van der Waals surface area contributed by atoms with Gasteiger partial charge in [0, 0.05) is 27.1 Å². The number of aliphatic hydroxyl groups excluding tert-OH is 3. The first-order chi connectivity index (χ1) is 7.60. The Morgan fingerprint density at radius 3 is 1.53 bits per heavy atom. The van der Waals surface area contributed by atoms with E-state index in [9.17, 15) is 0 Å². The van der Waals surface area contributed by atoms with Crippen molar-refractivity contribution in [3.05, 3.63) is 6.92 Å². The SMILES string of the molecule is CC(CO)(CO)CO.[CH2-]CCCCCCC.[Ti]. The fourth-order valence-corrected chi connectivity index (χ4v) is 0.930.